The average molecular weight is 351 g/mol. The van der Waals surface area contributed by atoms with Crippen molar-refractivity contribution in [2.24, 2.45) is 5.73 Å². The number of carbonyl (C=O) groups excluding carboxylic acids is 1. The third kappa shape index (κ3) is 4.18. The third-order valence-electron chi connectivity index (χ3n) is 3.20. The summed E-state index contributed by atoms with van der Waals surface area (Å²) in [6.45, 7) is 3.43. The van der Waals surface area contributed by atoms with E-state index in [9.17, 15) is 4.79 Å². The molecule has 2 aromatic rings. The number of nitrogens with one attached hydrogen (secondary N) is 1. The Bertz CT molecular complexity index is 760. The number of methoxy groups -OCH3 is 1. The van der Waals surface area contributed by atoms with Crippen molar-refractivity contribution < 1.29 is 9.53 Å². The first-order valence-electron chi connectivity index (χ1n) is 6.78. The maximum Gasteiger partial charge on any atom is 0.229 e. The fraction of sp³-hybridized carbons (Fsp3) is 0.118. The zero-order chi connectivity index (χ0) is 17.0. The molecule has 6 heteroatoms. The van der Waals surface area contributed by atoms with Gasteiger partial charge in [-0.3, -0.25) is 4.79 Å². The third-order valence-corrected chi connectivity index (χ3v) is 3.99. The van der Waals surface area contributed by atoms with Gasteiger partial charge in [0.05, 0.1) is 24.4 Å². The molecule has 0 aliphatic heterocycles. The van der Waals surface area contributed by atoms with Crippen LogP contribution in [0.4, 0.5) is 0 Å². The minimum atomic E-state index is -0.330. The zero-order valence-electron chi connectivity index (χ0n) is 12.5. The van der Waals surface area contributed by atoms with Gasteiger partial charge in [0, 0.05) is 10.6 Å². The topological polar surface area (TPSA) is 64.3 Å². The number of ether oxygens (including phenoxy) is 1. The van der Waals surface area contributed by atoms with E-state index in [1.807, 2.05) is 30.3 Å². The van der Waals surface area contributed by atoms with Crippen molar-refractivity contribution in [3.8, 4) is 16.9 Å². The van der Waals surface area contributed by atoms with Crippen LogP contribution in [0, 0.1) is 0 Å². The Morgan fingerprint density at radius 3 is 2.70 bits per heavy atom. The van der Waals surface area contributed by atoms with Crippen LogP contribution < -0.4 is 15.8 Å². The molecule has 0 aliphatic rings. The van der Waals surface area contributed by atoms with Gasteiger partial charge in [0.2, 0.25) is 5.91 Å². The predicted molar refractivity (Wildman–Crippen MR) is 93.6 cm³/mol. The Labute approximate surface area is 144 Å². The summed E-state index contributed by atoms with van der Waals surface area (Å²) in [5, 5.41) is 3.27. The number of carbonyl (C=O) groups is 1. The average Bonchev–Trinajstić information content (AvgIpc) is 2.51. The van der Waals surface area contributed by atoms with E-state index in [-0.39, 0.29) is 18.1 Å². The standard InChI is InChI=1S/C17H16Cl2N2O2/c1-10(20)21-16(22)9-14-15(18)7-6-13(17(14)19)11-4-3-5-12(8-11)23-2/h3-8H,1,9,20H2,2H3,(H,21,22). The molecule has 2 aromatic carbocycles. The highest BCUT2D eigenvalue weighted by Crippen LogP contribution is 2.36. The number of benzene rings is 2. The second-order valence-corrected chi connectivity index (χ2v) is 5.65. The lowest BCUT2D eigenvalue weighted by Crippen LogP contribution is -2.28. The van der Waals surface area contributed by atoms with Crippen LogP contribution in [0.25, 0.3) is 11.1 Å². The van der Waals surface area contributed by atoms with Gasteiger partial charge in [0.1, 0.15) is 5.75 Å². The summed E-state index contributed by atoms with van der Waals surface area (Å²) < 4.78 is 5.22. The molecule has 3 N–H and O–H groups in total. The molecule has 0 fully saturated rings. The minimum Gasteiger partial charge on any atom is -0.497 e. The second kappa shape index (κ2) is 7.40. The van der Waals surface area contributed by atoms with Crippen molar-refractivity contribution in [1.29, 1.82) is 0 Å². The summed E-state index contributed by atoms with van der Waals surface area (Å²) in [6, 6.07) is 11.0. The normalized spacial score (nSPS) is 10.2. The van der Waals surface area contributed by atoms with Crippen molar-refractivity contribution in [1.82, 2.24) is 5.32 Å². The molecule has 0 saturated heterocycles. The van der Waals surface area contributed by atoms with Crippen LogP contribution in [0.1, 0.15) is 5.56 Å². The molecule has 0 saturated carbocycles. The molecule has 4 nitrogen and oxygen atoms in total. The molecule has 23 heavy (non-hydrogen) atoms. The van der Waals surface area contributed by atoms with Gasteiger partial charge in [-0.2, -0.15) is 0 Å². The van der Waals surface area contributed by atoms with Gasteiger partial charge >= 0.3 is 0 Å². The lowest BCUT2D eigenvalue weighted by atomic mass is 10.0. The number of rotatable bonds is 5. The second-order valence-electron chi connectivity index (χ2n) is 4.87. The molecule has 0 unspecified atom stereocenters. The van der Waals surface area contributed by atoms with Crippen LogP contribution >= 0.6 is 23.2 Å². The molecule has 0 heterocycles. The van der Waals surface area contributed by atoms with Crippen LogP contribution in [0.5, 0.6) is 5.75 Å². The minimum absolute atomic E-state index is 0.00565. The quantitative estimate of drug-likeness (QED) is 0.862. The Morgan fingerprint density at radius 1 is 1.30 bits per heavy atom. The van der Waals surface area contributed by atoms with Gasteiger partial charge in [-0.15, -0.1) is 0 Å². The molecule has 120 valence electrons. The molecular formula is C17H16Cl2N2O2. The molecule has 0 bridgehead atoms. The highest BCUT2D eigenvalue weighted by atomic mass is 35.5. The van der Waals surface area contributed by atoms with Gasteiger partial charge in [-0.05, 0) is 29.3 Å². The predicted octanol–water partition coefficient (Wildman–Crippen LogP) is 3.76. The fourth-order valence-corrected chi connectivity index (χ4v) is 2.77. The summed E-state index contributed by atoms with van der Waals surface area (Å²) in [6.07, 6.45) is 0.00565. The van der Waals surface area contributed by atoms with Crippen LogP contribution in [-0.2, 0) is 11.2 Å². The van der Waals surface area contributed by atoms with E-state index in [1.54, 1.807) is 13.2 Å². The van der Waals surface area contributed by atoms with E-state index in [0.717, 1.165) is 11.1 Å². The fourth-order valence-electron chi connectivity index (χ4n) is 2.16. The van der Waals surface area contributed by atoms with E-state index in [0.29, 0.717) is 21.4 Å². The summed E-state index contributed by atoms with van der Waals surface area (Å²) in [5.41, 5.74) is 7.54. The first kappa shape index (κ1) is 17.2. The molecule has 0 aliphatic carbocycles. The Hall–Kier alpha value is -2.17. The van der Waals surface area contributed by atoms with Crippen LogP contribution in [0.2, 0.25) is 10.0 Å². The SMILES string of the molecule is C=C(N)NC(=O)Cc1c(Cl)ccc(-c2cccc(OC)c2)c1Cl. The van der Waals surface area contributed by atoms with Gasteiger partial charge in [0.15, 0.2) is 0 Å². The summed E-state index contributed by atoms with van der Waals surface area (Å²) in [7, 11) is 1.60. The van der Waals surface area contributed by atoms with Gasteiger partial charge < -0.3 is 15.8 Å². The van der Waals surface area contributed by atoms with Crippen LogP contribution in [0.15, 0.2) is 48.8 Å². The van der Waals surface area contributed by atoms with E-state index in [2.05, 4.69) is 11.9 Å². The molecular weight excluding hydrogens is 335 g/mol. The van der Waals surface area contributed by atoms with Crippen molar-refractivity contribution in [3.05, 3.63) is 64.4 Å². The number of amides is 1. The van der Waals surface area contributed by atoms with Crippen molar-refractivity contribution in [3.63, 3.8) is 0 Å². The lowest BCUT2D eigenvalue weighted by Gasteiger charge is -2.13. The Morgan fingerprint density at radius 2 is 2.04 bits per heavy atom. The summed E-state index contributed by atoms with van der Waals surface area (Å²) in [4.78, 5) is 11.9. The molecule has 1 amide bonds. The van der Waals surface area contributed by atoms with E-state index < -0.39 is 0 Å². The number of hydrogen-bond donors (Lipinski definition) is 2. The maximum absolute atomic E-state index is 11.9. The molecule has 2 rings (SSSR count). The monoisotopic (exact) mass is 350 g/mol. The number of hydrogen-bond acceptors (Lipinski definition) is 3. The van der Waals surface area contributed by atoms with E-state index in [4.69, 9.17) is 33.7 Å². The van der Waals surface area contributed by atoms with Gasteiger partial charge in [-0.25, -0.2) is 0 Å². The van der Waals surface area contributed by atoms with Crippen molar-refractivity contribution in [2.75, 3.05) is 7.11 Å². The van der Waals surface area contributed by atoms with Crippen LogP contribution in [0.3, 0.4) is 0 Å². The number of halogens is 2. The smallest absolute Gasteiger partial charge is 0.229 e. The summed E-state index contributed by atoms with van der Waals surface area (Å²) in [5.74, 6) is 0.461. The molecule has 0 spiro atoms. The van der Waals surface area contributed by atoms with Crippen LogP contribution in [-0.4, -0.2) is 13.0 Å². The first-order valence-corrected chi connectivity index (χ1v) is 7.53. The largest absolute Gasteiger partial charge is 0.497 e. The highest BCUT2D eigenvalue weighted by molar-refractivity contribution is 6.38. The molecule has 0 atom stereocenters. The molecule has 0 radical (unpaired) electrons. The van der Waals surface area contributed by atoms with E-state index in [1.165, 1.54) is 0 Å². The number of nitrogens with two attached hydrogens (primary N) is 1. The lowest BCUT2D eigenvalue weighted by molar-refractivity contribution is -0.119. The highest BCUT2D eigenvalue weighted by Gasteiger charge is 2.15. The molecule has 0 aromatic heterocycles. The van der Waals surface area contributed by atoms with Gasteiger partial charge in [-0.1, -0.05) is 48.0 Å². The van der Waals surface area contributed by atoms with Crippen molar-refractivity contribution in [2.45, 2.75) is 6.42 Å². The Kier molecular flexibility index (Phi) is 5.53. The first-order chi connectivity index (χ1) is 10.9. The maximum atomic E-state index is 11.9. The Balaban J connectivity index is 2.41. The summed E-state index contributed by atoms with van der Waals surface area (Å²) >= 11 is 12.7. The van der Waals surface area contributed by atoms with Crippen molar-refractivity contribution >= 4 is 29.1 Å². The van der Waals surface area contributed by atoms with Gasteiger partial charge in [0.25, 0.3) is 0 Å². The zero-order valence-corrected chi connectivity index (χ0v) is 14.0. The van der Waals surface area contributed by atoms with E-state index >= 15 is 0 Å².